The van der Waals surface area contributed by atoms with E-state index in [2.05, 4.69) is 5.32 Å². The van der Waals surface area contributed by atoms with E-state index >= 15 is 0 Å². The zero-order chi connectivity index (χ0) is 13.1. The van der Waals surface area contributed by atoms with Crippen LogP contribution in [0.3, 0.4) is 0 Å². The molecule has 0 saturated heterocycles. The fraction of sp³-hybridized carbons (Fsp3) is 1.00. The summed E-state index contributed by atoms with van der Waals surface area (Å²) in [5.41, 5.74) is 0. The first-order valence-corrected chi connectivity index (χ1v) is 8.74. The summed E-state index contributed by atoms with van der Waals surface area (Å²) < 4.78 is 0. The van der Waals surface area contributed by atoms with Gasteiger partial charge in [-0.05, 0) is 49.9 Å². The lowest BCUT2D eigenvalue weighted by Crippen LogP contribution is -2.43. The number of rotatable bonds is 3. The van der Waals surface area contributed by atoms with E-state index in [4.69, 9.17) is 0 Å². The minimum atomic E-state index is -0.0349. The molecule has 5 unspecified atom stereocenters. The van der Waals surface area contributed by atoms with Gasteiger partial charge in [-0.3, -0.25) is 0 Å². The Morgan fingerprint density at radius 1 is 0.789 bits per heavy atom. The molecule has 0 aromatic carbocycles. The predicted molar refractivity (Wildman–Crippen MR) is 79.1 cm³/mol. The largest absolute Gasteiger partial charge is 0.393 e. The monoisotopic (exact) mass is 265 g/mol. The third-order valence-corrected chi connectivity index (χ3v) is 6.08. The fourth-order valence-corrected chi connectivity index (χ4v) is 4.80. The van der Waals surface area contributed by atoms with Gasteiger partial charge >= 0.3 is 0 Å². The van der Waals surface area contributed by atoms with Gasteiger partial charge in [0.05, 0.1) is 6.10 Å². The summed E-state index contributed by atoms with van der Waals surface area (Å²) in [7, 11) is 0. The maximum atomic E-state index is 10.0. The molecule has 3 aliphatic carbocycles. The molecule has 3 fully saturated rings. The van der Waals surface area contributed by atoms with Crippen LogP contribution >= 0.6 is 0 Å². The Balaban J connectivity index is 1.43. The molecule has 3 rings (SSSR count). The van der Waals surface area contributed by atoms with E-state index < -0.39 is 0 Å². The lowest BCUT2D eigenvalue weighted by atomic mass is 9.69. The van der Waals surface area contributed by atoms with Crippen LogP contribution in [0, 0.1) is 17.8 Å². The fourth-order valence-electron chi connectivity index (χ4n) is 4.80. The van der Waals surface area contributed by atoms with Gasteiger partial charge in [-0.25, -0.2) is 0 Å². The molecule has 0 aromatic rings. The van der Waals surface area contributed by atoms with Crippen molar-refractivity contribution in [3.63, 3.8) is 0 Å². The highest BCUT2D eigenvalue weighted by molar-refractivity contribution is 4.87. The van der Waals surface area contributed by atoms with Crippen molar-refractivity contribution in [2.75, 3.05) is 6.54 Å². The maximum Gasteiger partial charge on any atom is 0.0580 e. The van der Waals surface area contributed by atoms with Crippen molar-refractivity contribution in [1.29, 1.82) is 0 Å². The third kappa shape index (κ3) is 3.52. The van der Waals surface area contributed by atoms with E-state index in [-0.39, 0.29) is 6.10 Å². The Hall–Kier alpha value is -0.0800. The Morgan fingerprint density at radius 2 is 1.53 bits per heavy atom. The van der Waals surface area contributed by atoms with Crippen molar-refractivity contribution >= 4 is 0 Å². The van der Waals surface area contributed by atoms with Crippen molar-refractivity contribution in [3.05, 3.63) is 0 Å². The second-order valence-corrected chi connectivity index (χ2v) is 7.33. The van der Waals surface area contributed by atoms with E-state index in [0.29, 0.717) is 5.92 Å². The lowest BCUT2D eigenvalue weighted by Gasteiger charge is -2.40. The van der Waals surface area contributed by atoms with E-state index in [1.165, 1.54) is 64.2 Å². The van der Waals surface area contributed by atoms with Gasteiger partial charge < -0.3 is 10.4 Å². The summed E-state index contributed by atoms with van der Waals surface area (Å²) >= 11 is 0. The lowest BCUT2D eigenvalue weighted by molar-refractivity contribution is 0.0638. The maximum absolute atomic E-state index is 10.0. The number of fused-ring (bicyclic) bond motifs is 1. The molecule has 2 nitrogen and oxygen atoms in total. The molecule has 5 atom stereocenters. The summed E-state index contributed by atoms with van der Waals surface area (Å²) in [4.78, 5) is 0. The molecule has 3 saturated carbocycles. The molecule has 2 N–H and O–H groups in total. The van der Waals surface area contributed by atoms with Crippen LogP contribution in [0.1, 0.15) is 70.6 Å². The highest BCUT2D eigenvalue weighted by Gasteiger charge is 2.32. The molecule has 0 heterocycles. The molecule has 0 bridgehead atoms. The minimum absolute atomic E-state index is 0.0349. The van der Waals surface area contributed by atoms with E-state index in [0.717, 1.165) is 30.8 Å². The van der Waals surface area contributed by atoms with Gasteiger partial charge in [0.1, 0.15) is 0 Å². The van der Waals surface area contributed by atoms with Crippen molar-refractivity contribution in [2.45, 2.75) is 82.8 Å². The van der Waals surface area contributed by atoms with Gasteiger partial charge in [0.25, 0.3) is 0 Å². The molecule has 0 aliphatic heterocycles. The standard InChI is InChI=1S/C17H31NO/c19-17-8-4-3-7-15(17)12-18-16-10-9-13-5-1-2-6-14(13)11-16/h13-19H,1-12H2. The summed E-state index contributed by atoms with van der Waals surface area (Å²) in [5, 5.41) is 13.8. The molecular weight excluding hydrogens is 234 g/mol. The number of nitrogens with one attached hydrogen (secondary N) is 1. The highest BCUT2D eigenvalue weighted by Crippen LogP contribution is 2.40. The Bertz CT molecular complexity index is 280. The van der Waals surface area contributed by atoms with Crippen molar-refractivity contribution in [3.8, 4) is 0 Å². The first-order chi connectivity index (χ1) is 9.33. The molecule has 110 valence electrons. The minimum Gasteiger partial charge on any atom is -0.393 e. The van der Waals surface area contributed by atoms with Crippen LogP contribution in [0.25, 0.3) is 0 Å². The van der Waals surface area contributed by atoms with Crippen LogP contribution in [0.2, 0.25) is 0 Å². The van der Waals surface area contributed by atoms with Gasteiger partial charge in [-0.1, -0.05) is 38.5 Å². The smallest absolute Gasteiger partial charge is 0.0580 e. The van der Waals surface area contributed by atoms with Crippen LogP contribution < -0.4 is 5.32 Å². The average molecular weight is 265 g/mol. The molecule has 19 heavy (non-hydrogen) atoms. The number of hydrogen-bond acceptors (Lipinski definition) is 2. The van der Waals surface area contributed by atoms with E-state index in [1.807, 2.05) is 0 Å². The number of aliphatic hydroxyl groups excluding tert-OH is 1. The normalized spacial score (nSPS) is 43.7. The predicted octanol–water partition coefficient (Wildman–Crippen LogP) is 3.49. The Labute approximate surface area is 118 Å². The van der Waals surface area contributed by atoms with Gasteiger partial charge in [-0.2, -0.15) is 0 Å². The molecule has 0 spiro atoms. The van der Waals surface area contributed by atoms with E-state index in [1.54, 1.807) is 0 Å². The number of hydrogen-bond donors (Lipinski definition) is 2. The van der Waals surface area contributed by atoms with Crippen LogP contribution in [0.15, 0.2) is 0 Å². The zero-order valence-electron chi connectivity index (χ0n) is 12.3. The van der Waals surface area contributed by atoms with Crippen LogP contribution in [0.5, 0.6) is 0 Å². The summed E-state index contributed by atoms with van der Waals surface area (Å²) in [6.07, 6.45) is 14.9. The molecule has 0 amide bonds. The summed E-state index contributed by atoms with van der Waals surface area (Å²) in [6, 6.07) is 0.744. The zero-order valence-corrected chi connectivity index (χ0v) is 12.3. The van der Waals surface area contributed by atoms with Gasteiger partial charge in [0.2, 0.25) is 0 Å². The van der Waals surface area contributed by atoms with Crippen LogP contribution in [-0.4, -0.2) is 23.8 Å². The van der Waals surface area contributed by atoms with Gasteiger partial charge in [0, 0.05) is 12.6 Å². The number of aliphatic hydroxyl groups is 1. The van der Waals surface area contributed by atoms with Crippen molar-refractivity contribution < 1.29 is 5.11 Å². The Morgan fingerprint density at radius 3 is 2.37 bits per heavy atom. The summed E-state index contributed by atoms with van der Waals surface area (Å²) in [5.74, 6) is 2.58. The van der Waals surface area contributed by atoms with Gasteiger partial charge in [0.15, 0.2) is 0 Å². The second kappa shape index (κ2) is 6.58. The van der Waals surface area contributed by atoms with Crippen LogP contribution in [-0.2, 0) is 0 Å². The SMILES string of the molecule is OC1CCCCC1CNC1CCC2CCCCC2C1. The first-order valence-electron chi connectivity index (χ1n) is 8.74. The van der Waals surface area contributed by atoms with Crippen molar-refractivity contribution in [2.24, 2.45) is 17.8 Å². The van der Waals surface area contributed by atoms with Gasteiger partial charge in [-0.15, -0.1) is 0 Å². The molecular formula is C17H31NO. The first kappa shape index (κ1) is 13.9. The molecule has 0 aromatic heterocycles. The quantitative estimate of drug-likeness (QED) is 0.819. The molecule has 2 heteroatoms. The van der Waals surface area contributed by atoms with E-state index in [9.17, 15) is 5.11 Å². The second-order valence-electron chi connectivity index (χ2n) is 7.33. The highest BCUT2D eigenvalue weighted by atomic mass is 16.3. The topological polar surface area (TPSA) is 32.3 Å². The van der Waals surface area contributed by atoms with Crippen LogP contribution in [0.4, 0.5) is 0 Å². The summed E-state index contributed by atoms with van der Waals surface area (Å²) in [6.45, 7) is 1.06. The molecule has 3 aliphatic rings. The Kier molecular flexibility index (Phi) is 4.81. The average Bonchev–Trinajstić information content (AvgIpc) is 2.46. The third-order valence-electron chi connectivity index (χ3n) is 6.08. The van der Waals surface area contributed by atoms with Crippen molar-refractivity contribution in [1.82, 2.24) is 5.32 Å². The molecule has 0 radical (unpaired) electrons.